The number of anilines is 1. The molecule has 0 radical (unpaired) electrons. The number of benzene rings is 1. The maximum atomic E-state index is 13.3. The van der Waals surface area contributed by atoms with E-state index in [1.165, 1.54) is 0 Å². The first-order valence-electron chi connectivity index (χ1n) is 10.9. The molecule has 8 heteroatoms. The number of likely N-dealkylation sites (N-methyl/N-ethyl adjacent to an activating group) is 1. The van der Waals surface area contributed by atoms with Crippen molar-refractivity contribution in [2.45, 2.75) is 6.42 Å². The van der Waals surface area contributed by atoms with Crippen LogP contribution in [0.4, 0.5) is 5.82 Å². The van der Waals surface area contributed by atoms with Gasteiger partial charge in [0, 0.05) is 70.2 Å². The van der Waals surface area contributed by atoms with Gasteiger partial charge in [0.15, 0.2) is 11.5 Å². The van der Waals surface area contributed by atoms with E-state index in [0.29, 0.717) is 18.8 Å². The van der Waals surface area contributed by atoms with Crippen molar-refractivity contribution in [3.63, 3.8) is 0 Å². The van der Waals surface area contributed by atoms with Crippen molar-refractivity contribution in [2.75, 3.05) is 84.6 Å². The number of fused-ring (bicyclic) bond motifs is 1. The van der Waals surface area contributed by atoms with Crippen LogP contribution in [0.1, 0.15) is 16.9 Å². The molecule has 0 atom stereocenters. The van der Waals surface area contributed by atoms with Crippen molar-refractivity contribution in [3.05, 3.63) is 30.0 Å². The number of hydrogen-bond donors (Lipinski definition) is 0. The predicted molar refractivity (Wildman–Crippen MR) is 118 cm³/mol. The van der Waals surface area contributed by atoms with E-state index in [2.05, 4.69) is 38.0 Å². The van der Waals surface area contributed by atoms with Crippen LogP contribution in [0.3, 0.4) is 0 Å². The van der Waals surface area contributed by atoms with Gasteiger partial charge in [-0.2, -0.15) is 0 Å². The van der Waals surface area contributed by atoms with Gasteiger partial charge >= 0.3 is 0 Å². The summed E-state index contributed by atoms with van der Waals surface area (Å²) < 4.78 is 5.16. The molecular weight excluding hydrogens is 380 g/mol. The number of amides is 1. The third-order valence-corrected chi connectivity index (χ3v) is 6.16. The molecule has 4 rings (SSSR count). The number of aromatic nitrogens is 2. The second-order valence-electron chi connectivity index (χ2n) is 8.19. The molecule has 162 valence electrons. The highest BCUT2D eigenvalue weighted by Gasteiger charge is 2.26. The lowest BCUT2D eigenvalue weighted by Gasteiger charge is -2.34. The summed E-state index contributed by atoms with van der Waals surface area (Å²) in [5, 5.41) is 10.9. The third kappa shape index (κ3) is 4.55. The summed E-state index contributed by atoms with van der Waals surface area (Å²) in [6.07, 6.45) is 1.10. The predicted octanol–water partition coefficient (Wildman–Crippen LogP) is 1.18. The SMILES string of the molecule is COCCN1CCN(C(=O)c2nnc(N3CCCN(C)CC3)c3ccccc23)CC1. The molecule has 0 spiro atoms. The molecular formula is C22H32N6O2. The van der Waals surface area contributed by atoms with Gasteiger partial charge in [-0.15, -0.1) is 10.2 Å². The zero-order valence-electron chi connectivity index (χ0n) is 18.1. The van der Waals surface area contributed by atoms with Crippen LogP contribution in [0.15, 0.2) is 24.3 Å². The molecule has 2 aliphatic rings. The van der Waals surface area contributed by atoms with Gasteiger partial charge in [0.05, 0.1) is 6.61 Å². The van der Waals surface area contributed by atoms with Gasteiger partial charge < -0.3 is 19.4 Å². The first-order valence-corrected chi connectivity index (χ1v) is 10.9. The van der Waals surface area contributed by atoms with Crippen LogP contribution >= 0.6 is 0 Å². The molecule has 2 fully saturated rings. The molecule has 0 bridgehead atoms. The first-order chi connectivity index (χ1) is 14.7. The highest BCUT2D eigenvalue weighted by atomic mass is 16.5. The average molecular weight is 413 g/mol. The molecule has 0 N–H and O–H groups in total. The van der Waals surface area contributed by atoms with E-state index in [0.717, 1.165) is 75.4 Å². The summed E-state index contributed by atoms with van der Waals surface area (Å²) in [4.78, 5) is 22.2. The lowest BCUT2D eigenvalue weighted by Crippen LogP contribution is -2.49. The number of carbonyl (C=O) groups is 1. The lowest BCUT2D eigenvalue weighted by atomic mass is 10.1. The quantitative estimate of drug-likeness (QED) is 0.731. The smallest absolute Gasteiger partial charge is 0.275 e. The van der Waals surface area contributed by atoms with E-state index < -0.39 is 0 Å². The lowest BCUT2D eigenvalue weighted by molar-refractivity contribution is 0.0590. The monoisotopic (exact) mass is 412 g/mol. The summed E-state index contributed by atoms with van der Waals surface area (Å²) in [5.74, 6) is 0.870. The number of rotatable bonds is 5. The maximum absolute atomic E-state index is 13.3. The summed E-state index contributed by atoms with van der Waals surface area (Å²) in [7, 11) is 3.88. The second kappa shape index (κ2) is 9.68. The molecule has 1 aromatic carbocycles. The van der Waals surface area contributed by atoms with Crippen LogP contribution < -0.4 is 4.90 Å². The number of ether oxygens (including phenoxy) is 1. The molecule has 0 unspecified atom stereocenters. The van der Waals surface area contributed by atoms with Gasteiger partial charge in [0.1, 0.15) is 0 Å². The highest BCUT2D eigenvalue weighted by molar-refractivity contribution is 6.07. The van der Waals surface area contributed by atoms with Crippen molar-refractivity contribution < 1.29 is 9.53 Å². The highest BCUT2D eigenvalue weighted by Crippen LogP contribution is 2.27. The summed E-state index contributed by atoms with van der Waals surface area (Å²) in [5.41, 5.74) is 0.464. The fraction of sp³-hybridized carbons (Fsp3) is 0.591. The largest absolute Gasteiger partial charge is 0.383 e. The Labute approximate surface area is 178 Å². The second-order valence-corrected chi connectivity index (χ2v) is 8.19. The first kappa shape index (κ1) is 21.0. The molecule has 1 amide bonds. The van der Waals surface area contributed by atoms with E-state index >= 15 is 0 Å². The van der Waals surface area contributed by atoms with Crippen LogP contribution in [0, 0.1) is 0 Å². The van der Waals surface area contributed by atoms with Crippen molar-refractivity contribution >= 4 is 22.5 Å². The van der Waals surface area contributed by atoms with E-state index in [1.807, 2.05) is 23.1 Å². The van der Waals surface area contributed by atoms with Crippen LogP contribution in [0.25, 0.3) is 10.8 Å². The Kier molecular flexibility index (Phi) is 6.76. The molecule has 30 heavy (non-hydrogen) atoms. The van der Waals surface area contributed by atoms with E-state index in [1.54, 1.807) is 7.11 Å². The van der Waals surface area contributed by atoms with Crippen molar-refractivity contribution in [2.24, 2.45) is 0 Å². The van der Waals surface area contributed by atoms with Crippen molar-refractivity contribution in [1.29, 1.82) is 0 Å². The Balaban J connectivity index is 1.55. The minimum atomic E-state index is -0.0211. The Morgan fingerprint density at radius 1 is 0.967 bits per heavy atom. The van der Waals surface area contributed by atoms with Gasteiger partial charge in [-0.1, -0.05) is 24.3 Å². The summed E-state index contributed by atoms with van der Waals surface area (Å²) in [6.45, 7) is 8.74. The molecule has 2 saturated heterocycles. The molecule has 0 aliphatic carbocycles. The standard InChI is InChI=1S/C22H32N6O2/c1-25-8-5-9-27(13-10-25)21-19-7-4-3-6-18(19)20(23-24-21)22(29)28-14-11-26(12-15-28)16-17-30-2/h3-4,6-7H,5,8-17H2,1-2H3. The van der Waals surface area contributed by atoms with E-state index in [9.17, 15) is 4.79 Å². The van der Waals surface area contributed by atoms with Crippen LogP contribution in [0.5, 0.6) is 0 Å². The maximum Gasteiger partial charge on any atom is 0.275 e. The molecule has 0 saturated carbocycles. The topological polar surface area (TPSA) is 65.0 Å². The third-order valence-electron chi connectivity index (χ3n) is 6.16. The minimum Gasteiger partial charge on any atom is -0.383 e. The number of methoxy groups -OCH3 is 1. The van der Waals surface area contributed by atoms with Crippen LogP contribution in [-0.2, 0) is 4.74 Å². The Bertz CT molecular complexity index is 868. The molecule has 2 aromatic rings. The van der Waals surface area contributed by atoms with E-state index in [4.69, 9.17) is 4.74 Å². The van der Waals surface area contributed by atoms with Gasteiger partial charge in [0.25, 0.3) is 5.91 Å². The zero-order chi connectivity index (χ0) is 20.9. The number of nitrogens with zero attached hydrogens (tertiary/aromatic N) is 6. The minimum absolute atomic E-state index is 0.0211. The molecule has 2 aliphatic heterocycles. The summed E-state index contributed by atoms with van der Waals surface area (Å²) in [6, 6.07) is 8.05. The number of piperazine rings is 1. The number of carbonyl (C=O) groups excluding carboxylic acids is 1. The van der Waals surface area contributed by atoms with Crippen molar-refractivity contribution in [3.8, 4) is 0 Å². The fourth-order valence-corrected chi connectivity index (χ4v) is 4.28. The van der Waals surface area contributed by atoms with Gasteiger partial charge in [-0.3, -0.25) is 9.69 Å². The zero-order valence-corrected chi connectivity index (χ0v) is 18.1. The van der Waals surface area contributed by atoms with Crippen LogP contribution in [-0.4, -0.2) is 110 Å². The Morgan fingerprint density at radius 3 is 2.50 bits per heavy atom. The number of hydrogen-bond acceptors (Lipinski definition) is 7. The molecule has 8 nitrogen and oxygen atoms in total. The van der Waals surface area contributed by atoms with E-state index in [-0.39, 0.29) is 5.91 Å². The Hall–Kier alpha value is -2.29. The Morgan fingerprint density at radius 2 is 1.73 bits per heavy atom. The van der Waals surface area contributed by atoms with Gasteiger partial charge in [-0.25, -0.2) is 0 Å². The molecule has 1 aromatic heterocycles. The van der Waals surface area contributed by atoms with Crippen LogP contribution in [0.2, 0.25) is 0 Å². The van der Waals surface area contributed by atoms with Gasteiger partial charge in [-0.05, 0) is 20.0 Å². The normalized spacial score (nSPS) is 19.3. The molecule has 3 heterocycles. The average Bonchev–Trinajstić information content (AvgIpc) is 3.01. The van der Waals surface area contributed by atoms with Crippen molar-refractivity contribution in [1.82, 2.24) is 24.9 Å². The summed E-state index contributed by atoms with van der Waals surface area (Å²) >= 11 is 0. The van der Waals surface area contributed by atoms with Gasteiger partial charge in [0.2, 0.25) is 0 Å². The fourth-order valence-electron chi connectivity index (χ4n) is 4.28.